The lowest BCUT2D eigenvalue weighted by atomic mass is 9.54. The Morgan fingerprint density at radius 3 is 2.95 bits per heavy atom. The van der Waals surface area contributed by atoms with Crippen LogP contribution in [0.2, 0.25) is 0 Å². The number of nitrogens with zero attached hydrogens (tertiary/aromatic N) is 3. The Hall–Kier alpha value is -2.17. The fourth-order valence-corrected chi connectivity index (χ4v) is 3.93. The van der Waals surface area contributed by atoms with Gasteiger partial charge in [-0.25, -0.2) is 14.5 Å². The number of aromatic nitrogens is 3. The zero-order valence-electron chi connectivity index (χ0n) is 12.8. The summed E-state index contributed by atoms with van der Waals surface area (Å²) in [6.07, 6.45) is 5.88. The van der Waals surface area contributed by atoms with Gasteiger partial charge in [0.2, 0.25) is 0 Å². The lowest BCUT2D eigenvalue weighted by Crippen LogP contribution is -2.44. The molecule has 0 radical (unpaired) electrons. The van der Waals surface area contributed by atoms with Crippen LogP contribution in [-0.2, 0) is 12.8 Å². The highest BCUT2D eigenvalue weighted by atomic mass is 16.4. The third-order valence-electron chi connectivity index (χ3n) is 5.48. The van der Waals surface area contributed by atoms with Crippen molar-refractivity contribution in [3.63, 3.8) is 0 Å². The van der Waals surface area contributed by atoms with Gasteiger partial charge in [-0.1, -0.05) is 6.92 Å². The fraction of sp³-hybridized carbons (Fsp3) is 0.471. The Morgan fingerprint density at radius 2 is 2.32 bits per heavy atom. The molecule has 2 unspecified atom stereocenters. The molecule has 114 valence electrons. The van der Waals surface area contributed by atoms with E-state index in [1.54, 1.807) is 10.9 Å². The van der Waals surface area contributed by atoms with Gasteiger partial charge in [0.05, 0.1) is 5.69 Å². The van der Waals surface area contributed by atoms with E-state index in [4.69, 9.17) is 0 Å². The first-order valence-electron chi connectivity index (χ1n) is 7.75. The average molecular weight is 297 g/mol. The van der Waals surface area contributed by atoms with Gasteiger partial charge in [-0.3, -0.25) is 0 Å². The maximum Gasteiger partial charge on any atom is 0.356 e. The highest BCUT2D eigenvalue weighted by Gasteiger charge is 2.48. The molecule has 0 bridgehead atoms. The summed E-state index contributed by atoms with van der Waals surface area (Å²) in [6, 6.07) is 3.88. The molecule has 2 aliphatic rings. The molecule has 2 heterocycles. The third kappa shape index (κ3) is 1.81. The van der Waals surface area contributed by atoms with Crippen LogP contribution in [0.4, 0.5) is 0 Å². The van der Waals surface area contributed by atoms with Crippen LogP contribution in [0.15, 0.2) is 18.3 Å². The Balaban J connectivity index is 1.90. The van der Waals surface area contributed by atoms with Crippen LogP contribution in [0.3, 0.4) is 0 Å². The van der Waals surface area contributed by atoms with E-state index in [0.29, 0.717) is 17.2 Å². The summed E-state index contributed by atoms with van der Waals surface area (Å²) in [7, 11) is 0. The number of hydrogen-bond acceptors (Lipinski definition) is 3. The van der Waals surface area contributed by atoms with Crippen LogP contribution in [0.1, 0.15) is 47.1 Å². The molecule has 22 heavy (non-hydrogen) atoms. The predicted molar refractivity (Wildman–Crippen MR) is 81.3 cm³/mol. The normalized spacial score (nSPS) is 26.0. The van der Waals surface area contributed by atoms with Crippen LogP contribution >= 0.6 is 0 Å². The van der Waals surface area contributed by atoms with Crippen LogP contribution in [0.5, 0.6) is 0 Å². The largest absolute Gasteiger partial charge is 0.476 e. The van der Waals surface area contributed by atoms with Gasteiger partial charge in [0.1, 0.15) is 0 Å². The number of carbonyl (C=O) groups is 1. The molecule has 1 N–H and O–H groups in total. The van der Waals surface area contributed by atoms with E-state index in [1.807, 2.05) is 19.1 Å². The van der Waals surface area contributed by atoms with Crippen molar-refractivity contribution in [3.8, 4) is 5.82 Å². The number of fused-ring (bicyclic) bond motifs is 2. The van der Waals surface area contributed by atoms with Crippen molar-refractivity contribution in [2.45, 2.75) is 39.5 Å². The molecule has 5 nitrogen and oxygen atoms in total. The summed E-state index contributed by atoms with van der Waals surface area (Å²) in [6.45, 7) is 4.31. The number of carboxylic acid groups (broad SMARTS) is 1. The number of aromatic carboxylic acids is 1. The Morgan fingerprint density at radius 1 is 1.50 bits per heavy atom. The van der Waals surface area contributed by atoms with E-state index >= 15 is 0 Å². The van der Waals surface area contributed by atoms with E-state index in [9.17, 15) is 9.90 Å². The van der Waals surface area contributed by atoms with E-state index in [1.165, 1.54) is 12.8 Å². The van der Waals surface area contributed by atoms with E-state index in [2.05, 4.69) is 17.0 Å². The lowest BCUT2D eigenvalue weighted by molar-refractivity contribution is 0.0383. The zero-order valence-corrected chi connectivity index (χ0v) is 12.8. The van der Waals surface area contributed by atoms with Gasteiger partial charge in [-0.2, -0.15) is 5.10 Å². The van der Waals surface area contributed by atoms with Gasteiger partial charge in [-0.05, 0) is 61.6 Å². The van der Waals surface area contributed by atoms with Crippen molar-refractivity contribution in [2.75, 3.05) is 0 Å². The molecule has 0 aromatic carbocycles. The Bertz CT molecular complexity index is 780. The average Bonchev–Trinajstić information content (AvgIpc) is 2.82. The second kappa shape index (κ2) is 4.41. The van der Waals surface area contributed by atoms with Gasteiger partial charge in [0.25, 0.3) is 0 Å². The molecule has 0 amide bonds. The SMILES string of the molecule is Cc1ccnc(-n2nc(C(=O)O)c3c2CC2(C)CCC2C3)c1. The van der Waals surface area contributed by atoms with Crippen LogP contribution in [-0.4, -0.2) is 25.8 Å². The van der Waals surface area contributed by atoms with Crippen molar-refractivity contribution in [1.82, 2.24) is 14.8 Å². The van der Waals surface area contributed by atoms with Crippen LogP contribution < -0.4 is 0 Å². The molecule has 5 heteroatoms. The first-order valence-corrected chi connectivity index (χ1v) is 7.75. The summed E-state index contributed by atoms with van der Waals surface area (Å²) in [5.74, 6) is 0.372. The number of rotatable bonds is 2. The molecular formula is C17H19N3O2. The number of pyridine rings is 1. The van der Waals surface area contributed by atoms with E-state index in [0.717, 1.165) is 29.7 Å². The minimum atomic E-state index is -0.939. The van der Waals surface area contributed by atoms with E-state index in [-0.39, 0.29) is 5.69 Å². The van der Waals surface area contributed by atoms with Gasteiger partial charge < -0.3 is 5.11 Å². The minimum absolute atomic E-state index is 0.201. The molecule has 1 saturated carbocycles. The van der Waals surface area contributed by atoms with Gasteiger partial charge >= 0.3 is 5.97 Å². The maximum absolute atomic E-state index is 11.6. The standard InChI is InChI=1S/C17H19N3O2/c1-10-4-6-18-14(7-10)20-13-9-17(2)5-3-11(17)8-12(13)15(19-20)16(21)22/h4,6-7,11H,3,5,8-9H2,1-2H3,(H,21,22). The molecule has 2 aromatic heterocycles. The Labute approximate surface area is 129 Å². The summed E-state index contributed by atoms with van der Waals surface area (Å²) in [4.78, 5) is 16.0. The molecular weight excluding hydrogens is 278 g/mol. The van der Waals surface area contributed by atoms with Crippen LogP contribution in [0.25, 0.3) is 5.82 Å². The third-order valence-corrected chi connectivity index (χ3v) is 5.48. The van der Waals surface area contributed by atoms with Crippen molar-refractivity contribution in [1.29, 1.82) is 0 Å². The second-order valence-electron chi connectivity index (χ2n) is 6.95. The number of aryl methyl sites for hydroxylation is 1. The number of carboxylic acids is 1. The second-order valence-corrected chi connectivity index (χ2v) is 6.95. The maximum atomic E-state index is 11.6. The molecule has 0 spiro atoms. The van der Waals surface area contributed by atoms with Gasteiger partial charge in [0.15, 0.2) is 11.5 Å². The quantitative estimate of drug-likeness (QED) is 0.925. The first kappa shape index (κ1) is 13.5. The molecule has 1 fully saturated rings. The monoisotopic (exact) mass is 297 g/mol. The lowest BCUT2D eigenvalue weighted by Gasteiger charge is -2.50. The van der Waals surface area contributed by atoms with Crippen molar-refractivity contribution in [2.24, 2.45) is 11.3 Å². The molecule has 0 saturated heterocycles. The Kier molecular flexibility index (Phi) is 2.71. The summed E-state index contributed by atoms with van der Waals surface area (Å²) in [5, 5.41) is 13.9. The van der Waals surface area contributed by atoms with Crippen molar-refractivity contribution in [3.05, 3.63) is 40.8 Å². The van der Waals surface area contributed by atoms with Crippen molar-refractivity contribution >= 4 is 5.97 Å². The molecule has 0 aliphatic heterocycles. The fourth-order valence-electron chi connectivity index (χ4n) is 3.93. The zero-order chi connectivity index (χ0) is 15.5. The van der Waals surface area contributed by atoms with Gasteiger partial charge in [0, 0.05) is 11.8 Å². The summed E-state index contributed by atoms with van der Waals surface area (Å²) in [5.41, 5.74) is 3.54. The molecule has 4 rings (SSSR count). The molecule has 2 aromatic rings. The van der Waals surface area contributed by atoms with Crippen molar-refractivity contribution < 1.29 is 9.90 Å². The predicted octanol–water partition coefficient (Wildman–Crippen LogP) is 2.79. The summed E-state index contributed by atoms with van der Waals surface area (Å²) >= 11 is 0. The van der Waals surface area contributed by atoms with Crippen LogP contribution in [0, 0.1) is 18.3 Å². The topological polar surface area (TPSA) is 68.0 Å². The van der Waals surface area contributed by atoms with Gasteiger partial charge in [-0.15, -0.1) is 0 Å². The smallest absolute Gasteiger partial charge is 0.356 e. The first-order chi connectivity index (χ1) is 10.5. The van der Waals surface area contributed by atoms with E-state index < -0.39 is 5.97 Å². The summed E-state index contributed by atoms with van der Waals surface area (Å²) < 4.78 is 1.76. The minimum Gasteiger partial charge on any atom is -0.476 e. The molecule has 2 aliphatic carbocycles. The highest BCUT2D eigenvalue weighted by molar-refractivity contribution is 5.87. The molecule has 2 atom stereocenters. The number of hydrogen-bond donors (Lipinski definition) is 1. The highest BCUT2D eigenvalue weighted by Crippen LogP contribution is 2.54.